The third-order valence-electron chi connectivity index (χ3n) is 3.85. The Labute approximate surface area is 161 Å². The van der Waals surface area contributed by atoms with Gasteiger partial charge in [-0.1, -0.05) is 0 Å². The van der Waals surface area contributed by atoms with E-state index in [0.29, 0.717) is 18.9 Å². The van der Waals surface area contributed by atoms with Gasteiger partial charge in [-0.2, -0.15) is 0 Å². The van der Waals surface area contributed by atoms with Crippen LogP contribution in [0.15, 0.2) is 24.3 Å². The number of carbonyl (C=O) groups excluding carboxylic acids is 2. The summed E-state index contributed by atoms with van der Waals surface area (Å²) in [6, 6.07) is 7.20. The zero-order chi connectivity index (χ0) is 16.7. The maximum absolute atomic E-state index is 11.9. The Morgan fingerprint density at radius 3 is 2.12 bits per heavy atom. The van der Waals surface area contributed by atoms with E-state index in [9.17, 15) is 9.59 Å². The highest BCUT2D eigenvalue weighted by atomic mass is 35.5. The van der Waals surface area contributed by atoms with Crippen LogP contribution in [-0.2, 0) is 9.59 Å². The molecule has 142 valence electrons. The molecule has 0 bridgehead atoms. The van der Waals surface area contributed by atoms with Crippen LogP contribution in [0.5, 0.6) is 0 Å². The molecule has 1 atom stereocenters. The van der Waals surface area contributed by atoms with Crippen LogP contribution in [0, 0.1) is 5.92 Å². The van der Waals surface area contributed by atoms with E-state index in [4.69, 9.17) is 0 Å². The second-order valence-corrected chi connectivity index (χ2v) is 6.31. The molecule has 2 amide bonds. The Morgan fingerprint density at radius 2 is 1.64 bits per heavy atom. The van der Waals surface area contributed by atoms with Crippen LogP contribution in [0.1, 0.15) is 19.3 Å². The predicted molar refractivity (Wildman–Crippen MR) is 107 cm³/mol. The molecule has 1 heterocycles. The molecular weight excluding hydrogens is 363 g/mol. The normalized spacial score (nSPS) is 15.9. The fourth-order valence-electron chi connectivity index (χ4n) is 2.64. The van der Waals surface area contributed by atoms with E-state index in [1.807, 2.05) is 19.0 Å². The van der Waals surface area contributed by atoms with Gasteiger partial charge in [-0.25, -0.2) is 0 Å². The Kier molecular flexibility index (Phi) is 11.4. The first kappa shape index (κ1) is 23.7. The van der Waals surface area contributed by atoms with E-state index in [-0.39, 0.29) is 36.6 Å². The summed E-state index contributed by atoms with van der Waals surface area (Å²) in [7, 11) is 3.69. The smallest absolute Gasteiger partial charge is 0.238 e. The van der Waals surface area contributed by atoms with Gasteiger partial charge in [0.15, 0.2) is 0 Å². The summed E-state index contributed by atoms with van der Waals surface area (Å²) in [4.78, 5) is 25.4. The van der Waals surface area contributed by atoms with E-state index in [0.717, 1.165) is 37.3 Å². The third kappa shape index (κ3) is 9.07. The first-order chi connectivity index (χ1) is 11.0. The van der Waals surface area contributed by atoms with E-state index >= 15 is 0 Å². The Balaban J connectivity index is 0.00000288. The van der Waals surface area contributed by atoms with Crippen molar-refractivity contribution in [2.75, 3.05) is 44.4 Å². The summed E-state index contributed by atoms with van der Waals surface area (Å²) in [6.07, 6.45) is 2.64. The number of nitrogens with zero attached hydrogens (tertiary/aromatic N) is 1. The molecule has 0 saturated carbocycles. The number of halogens is 2. The quantitative estimate of drug-likeness (QED) is 0.667. The Bertz CT molecular complexity index is 532. The molecule has 1 aliphatic heterocycles. The minimum Gasteiger partial charge on any atom is -0.326 e. The number of anilines is 2. The molecule has 1 fully saturated rings. The van der Waals surface area contributed by atoms with Gasteiger partial charge in [0.1, 0.15) is 0 Å². The minimum atomic E-state index is -0.0584. The van der Waals surface area contributed by atoms with Crippen molar-refractivity contribution in [2.24, 2.45) is 5.92 Å². The van der Waals surface area contributed by atoms with Gasteiger partial charge in [0.25, 0.3) is 0 Å². The molecule has 8 heteroatoms. The zero-order valence-electron chi connectivity index (χ0n) is 14.7. The number of hydrogen-bond acceptors (Lipinski definition) is 4. The van der Waals surface area contributed by atoms with Crippen LogP contribution < -0.4 is 16.0 Å². The number of rotatable bonds is 7. The summed E-state index contributed by atoms with van der Waals surface area (Å²) in [6.45, 7) is 2.43. The average molecular weight is 391 g/mol. The summed E-state index contributed by atoms with van der Waals surface area (Å²) in [5.41, 5.74) is 1.48. The molecule has 1 aromatic carbocycles. The summed E-state index contributed by atoms with van der Waals surface area (Å²) in [5, 5.41) is 9.02. The van der Waals surface area contributed by atoms with Gasteiger partial charge in [-0.3, -0.25) is 9.59 Å². The number of carbonyl (C=O) groups is 2. The standard InChI is InChI=1S/C17H26N4O2.2ClH/c1-21(2)12-17(23)20-15-6-4-14(5-7-15)19-16(22)8-3-13-9-10-18-11-13;;/h4-7,13,18H,3,8-12H2,1-2H3,(H,19,22)(H,20,23);2*1H. The van der Waals surface area contributed by atoms with Crippen LogP contribution in [0.2, 0.25) is 0 Å². The van der Waals surface area contributed by atoms with Crippen molar-refractivity contribution in [3.63, 3.8) is 0 Å². The highest BCUT2D eigenvalue weighted by Crippen LogP contribution is 2.17. The molecule has 0 aliphatic carbocycles. The summed E-state index contributed by atoms with van der Waals surface area (Å²) >= 11 is 0. The molecule has 0 spiro atoms. The minimum absolute atomic E-state index is 0. The number of likely N-dealkylation sites (N-methyl/N-ethyl adjacent to an activating group) is 1. The maximum atomic E-state index is 11.9. The Hall–Kier alpha value is -1.34. The average Bonchev–Trinajstić information content (AvgIpc) is 3.00. The second kappa shape index (κ2) is 12.1. The monoisotopic (exact) mass is 390 g/mol. The molecule has 2 rings (SSSR count). The van der Waals surface area contributed by atoms with Gasteiger partial charge in [0.2, 0.25) is 11.8 Å². The van der Waals surface area contributed by atoms with Crippen molar-refractivity contribution in [1.82, 2.24) is 10.2 Å². The molecule has 1 unspecified atom stereocenters. The van der Waals surface area contributed by atoms with Crippen molar-refractivity contribution in [1.29, 1.82) is 0 Å². The van der Waals surface area contributed by atoms with Crippen molar-refractivity contribution in [2.45, 2.75) is 19.3 Å². The largest absolute Gasteiger partial charge is 0.326 e. The lowest BCUT2D eigenvalue weighted by Gasteiger charge is -2.11. The lowest BCUT2D eigenvalue weighted by Crippen LogP contribution is -2.27. The fourth-order valence-corrected chi connectivity index (χ4v) is 2.64. The fraction of sp³-hybridized carbons (Fsp3) is 0.529. The van der Waals surface area contributed by atoms with Crippen LogP contribution in [0.3, 0.4) is 0 Å². The second-order valence-electron chi connectivity index (χ2n) is 6.31. The van der Waals surface area contributed by atoms with Crippen molar-refractivity contribution < 1.29 is 9.59 Å². The topological polar surface area (TPSA) is 73.5 Å². The SMILES string of the molecule is CN(C)CC(=O)Nc1ccc(NC(=O)CCC2CCNC2)cc1.Cl.Cl. The first-order valence-electron chi connectivity index (χ1n) is 8.08. The van der Waals surface area contributed by atoms with Crippen LogP contribution in [-0.4, -0.2) is 50.4 Å². The number of benzene rings is 1. The summed E-state index contributed by atoms with van der Waals surface area (Å²) in [5.74, 6) is 0.605. The van der Waals surface area contributed by atoms with Crippen LogP contribution >= 0.6 is 24.8 Å². The predicted octanol–water partition coefficient (Wildman–Crippen LogP) is 2.36. The van der Waals surface area contributed by atoms with Crippen molar-refractivity contribution in [3.8, 4) is 0 Å². The molecule has 1 aromatic rings. The van der Waals surface area contributed by atoms with Gasteiger partial charge in [-0.05, 0) is 70.2 Å². The molecule has 1 saturated heterocycles. The van der Waals surface area contributed by atoms with Crippen molar-refractivity contribution >= 4 is 48.0 Å². The van der Waals surface area contributed by atoms with E-state index < -0.39 is 0 Å². The zero-order valence-corrected chi connectivity index (χ0v) is 16.3. The molecule has 6 nitrogen and oxygen atoms in total. The summed E-state index contributed by atoms with van der Waals surface area (Å²) < 4.78 is 0. The molecule has 1 aliphatic rings. The van der Waals surface area contributed by atoms with E-state index in [2.05, 4.69) is 16.0 Å². The maximum Gasteiger partial charge on any atom is 0.238 e. The van der Waals surface area contributed by atoms with Gasteiger partial charge < -0.3 is 20.9 Å². The lowest BCUT2D eigenvalue weighted by molar-refractivity contribution is -0.117. The van der Waals surface area contributed by atoms with Gasteiger partial charge in [0.05, 0.1) is 6.54 Å². The highest BCUT2D eigenvalue weighted by Gasteiger charge is 2.15. The van der Waals surface area contributed by atoms with Crippen LogP contribution in [0.25, 0.3) is 0 Å². The van der Waals surface area contributed by atoms with Crippen LogP contribution in [0.4, 0.5) is 11.4 Å². The van der Waals surface area contributed by atoms with E-state index in [1.54, 1.807) is 24.3 Å². The molecular formula is C17H28Cl2N4O2. The molecule has 3 N–H and O–H groups in total. The number of amides is 2. The lowest BCUT2D eigenvalue weighted by atomic mass is 10.0. The van der Waals surface area contributed by atoms with Crippen molar-refractivity contribution in [3.05, 3.63) is 24.3 Å². The molecule has 0 aromatic heterocycles. The Morgan fingerprint density at radius 1 is 1.08 bits per heavy atom. The highest BCUT2D eigenvalue weighted by molar-refractivity contribution is 5.93. The van der Waals surface area contributed by atoms with E-state index in [1.165, 1.54) is 0 Å². The number of nitrogens with one attached hydrogen (secondary N) is 3. The first-order valence-corrected chi connectivity index (χ1v) is 8.08. The van der Waals surface area contributed by atoms with Gasteiger partial charge in [-0.15, -0.1) is 24.8 Å². The van der Waals surface area contributed by atoms with Gasteiger partial charge >= 0.3 is 0 Å². The van der Waals surface area contributed by atoms with Gasteiger partial charge in [0, 0.05) is 17.8 Å². The molecule has 0 radical (unpaired) electrons. The number of hydrogen-bond donors (Lipinski definition) is 3. The third-order valence-corrected chi connectivity index (χ3v) is 3.85. The molecule has 25 heavy (non-hydrogen) atoms.